The highest BCUT2D eigenvalue weighted by Crippen LogP contribution is 2.14. The minimum absolute atomic E-state index is 0.381. The number of ether oxygens (including phenoxy) is 2. The molecule has 0 aromatic carbocycles. The fourth-order valence-electron chi connectivity index (χ4n) is 2.34. The van der Waals surface area contributed by atoms with Crippen LogP contribution in [-0.2, 0) is 9.47 Å². The Kier molecular flexibility index (Phi) is 9.52. The number of carbonyl (C=O) groups excluding carboxylic acids is 1. The van der Waals surface area contributed by atoms with Gasteiger partial charge in [0.05, 0.1) is 6.10 Å². The molecule has 1 amide bonds. The van der Waals surface area contributed by atoms with Crippen LogP contribution in [0.25, 0.3) is 0 Å². The molecule has 7 nitrogen and oxygen atoms in total. The average molecular weight is 342 g/mol. The number of hydrogen-bond donors (Lipinski definition) is 3. The van der Waals surface area contributed by atoms with E-state index in [0.717, 1.165) is 44.9 Å². The Morgan fingerprint density at radius 1 is 1.25 bits per heavy atom. The molecule has 1 unspecified atom stereocenters. The Labute approximate surface area is 146 Å². The van der Waals surface area contributed by atoms with Gasteiger partial charge >= 0.3 is 6.09 Å². The normalized spacial score (nSPS) is 18.3. The van der Waals surface area contributed by atoms with Crippen molar-refractivity contribution in [2.24, 2.45) is 4.99 Å². The van der Waals surface area contributed by atoms with Crippen LogP contribution in [0.5, 0.6) is 0 Å². The summed E-state index contributed by atoms with van der Waals surface area (Å²) in [6.45, 7) is 11.4. The maximum atomic E-state index is 11.5. The van der Waals surface area contributed by atoms with Crippen LogP contribution in [0.1, 0.15) is 53.4 Å². The van der Waals surface area contributed by atoms with E-state index in [1.807, 2.05) is 27.7 Å². The molecule has 0 aromatic rings. The van der Waals surface area contributed by atoms with Crippen molar-refractivity contribution >= 4 is 12.1 Å². The topological polar surface area (TPSA) is 84.0 Å². The Balaban J connectivity index is 2.16. The van der Waals surface area contributed by atoms with Crippen molar-refractivity contribution in [3.05, 3.63) is 0 Å². The molecule has 1 rings (SSSR count). The Morgan fingerprint density at radius 3 is 2.67 bits per heavy atom. The summed E-state index contributed by atoms with van der Waals surface area (Å²) in [5, 5.41) is 9.29. The molecule has 1 saturated heterocycles. The highest BCUT2D eigenvalue weighted by Gasteiger charge is 2.16. The summed E-state index contributed by atoms with van der Waals surface area (Å²) < 4.78 is 10.8. The molecule has 0 bridgehead atoms. The van der Waals surface area contributed by atoms with E-state index in [0.29, 0.717) is 19.2 Å². The van der Waals surface area contributed by atoms with Crippen LogP contribution in [0.4, 0.5) is 4.79 Å². The number of rotatable bonds is 8. The van der Waals surface area contributed by atoms with Crippen LogP contribution in [0.2, 0.25) is 0 Å². The van der Waals surface area contributed by atoms with E-state index in [2.05, 4.69) is 20.9 Å². The predicted molar refractivity (Wildman–Crippen MR) is 96.4 cm³/mol. The summed E-state index contributed by atoms with van der Waals surface area (Å²) in [5.41, 5.74) is -0.465. The largest absolute Gasteiger partial charge is 0.444 e. The van der Waals surface area contributed by atoms with Crippen LogP contribution in [0.15, 0.2) is 4.99 Å². The zero-order valence-corrected chi connectivity index (χ0v) is 15.6. The van der Waals surface area contributed by atoms with Crippen LogP contribution in [-0.4, -0.2) is 56.5 Å². The lowest BCUT2D eigenvalue weighted by atomic mass is 10.2. The van der Waals surface area contributed by atoms with Crippen molar-refractivity contribution in [1.29, 1.82) is 0 Å². The molecular weight excluding hydrogens is 308 g/mol. The van der Waals surface area contributed by atoms with E-state index >= 15 is 0 Å². The average Bonchev–Trinajstić information content (AvgIpc) is 2.98. The van der Waals surface area contributed by atoms with E-state index in [1.54, 1.807) is 0 Å². The summed E-state index contributed by atoms with van der Waals surface area (Å²) in [4.78, 5) is 16.0. The first-order valence-corrected chi connectivity index (χ1v) is 9.01. The van der Waals surface area contributed by atoms with E-state index in [4.69, 9.17) is 9.47 Å². The third kappa shape index (κ3) is 10.3. The maximum Gasteiger partial charge on any atom is 0.407 e. The molecule has 1 heterocycles. The van der Waals surface area contributed by atoms with Gasteiger partial charge in [-0.1, -0.05) is 0 Å². The summed E-state index contributed by atoms with van der Waals surface area (Å²) in [5.74, 6) is 0.813. The standard InChI is InChI=1S/C17H34N4O3/c1-5-18-15(20-12-9-14-8-6-13-23-14)19-10-7-11-21-16(22)24-17(2,3)4/h14H,5-13H2,1-4H3,(H,21,22)(H2,18,19,20). The zero-order chi connectivity index (χ0) is 17.8. The van der Waals surface area contributed by atoms with Gasteiger partial charge in [0, 0.05) is 32.8 Å². The van der Waals surface area contributed by atoms with E-state index < -0.39 is 5.60 Å². The second-order valence-corrected chi connectivity index (χ2v) is 6.89. The van der Waals surface area contributed by atoms with E-state index in [9.17, 15) is 4.79 Å². The van der Waals surface area contributed by atoms with Crippen LogP contribution in [0, 0.1) is 0 Å². The van der Waals surface area contributed by atoms with E-state index in [-0.39, 0.29) is 6.09 Å². The molecule has 1 fully saturated rings. The molecule has 0 aromatic heterocycles. The number of nitrogens with one attached hydrogen (secondary N) is 3. The van der Waals surface area contributed by atoms with Crippen molar-refractivity contribution in [3.63, 3.8) is 0 Å². The summed E-state index contributed by atoms with van der Waals surface area (Å²) in [6, 6.07) is 0. The Bertz CT molecular complexity index is 388. The first-order valence-electron chi connectivity index (χ1n) is 9.01. The molecule has 1 atom stereocenters. The first-order chi connectivity index (χ1) is 11.4. The quantitative estimate of drug-likeness (QED) is 0.357. The number of nitrogens with zero attached hydrogens (tertiary/aromatic N) is 1. The number of aliphatic imine (C=N–C) groups is 1. The molecule has 0 aliphatic carbocycles. The van der Waals surface area contributed by atoms with Gasteiger partial charge in [0.15, 0.2) is 5.96 Å². The smallest absolute Gasteiger partial charge is 0.407 e. The van der Waals surface area contributed by atoms with Gasteiger partial charge in [0.1, 0.15) is 5.60 Å². The number of hydrogen-bond acceptors (Lipinski definition) is 4. The minimum atomic E-state index is -0.465. The third-order valence-electron chi connectivity index (χ3n) is 3.40. The lowest BCUT2D eigenvalue weighted by molar-refractivity contribution is 0.0527. The van der Waals surface area contributed by atoms with Gasteiger partial charge in [-0.2, -0.15) is 0 Å². The van der Waals surface area contributed by atoms with Gasteiger partial charge in [-0.3, -0.25) is 4.99 Å². The molecule has 24 heavy (non-hydrogen) atoms. The molecule has 0 radical (unpaired) electrons. The SMILES string of the molecule is CCNC(=NCCCNC(=O)OC(C)(C)C)NCCC1CCCO1. The van der Waals surface area contributed by atoms with Gasteiger partial charge in [-0.25, -0.2) is 4.79 Å². The fourth-order valence-corrected chi connectivity index (χ4v) is 2.34. The molecule has 1 aliphatic heterocycles. The summed E-state index contributed by atoms with van der Waals surface area (Å²) in [6.07, 6.45) is 4.10. The lowest BCUT2D eigenvalue weighted by Crippen LogP contribution is -2.38. The minimum Gasteiger partial charge on any atom is -0.444 e. The van der Waals surface area contributed by atoms with Crippen LogP contribution < -0.4 is 16.0 Å². The van der Waals surface area contributed by atoms with Crippen LogP contribution >= 0.6 is 0 Å². The monoisotopic (exact) mass is 342 g/mol. The predicted octanol–water partition coefficient (Wildman–Crippen LogP) is 2.03. The summed E-state index contributed by atoms with van der Waals surface area (Å²) >= 11 is 0. The number of alkyl carbamates (subject to hydrolysis) is 1. The van der Waals surface area contributed by atoms with Gasteiger partial charge in [-0.05, 0) is 53.4 Å². The zero-order valence-electron chi connectivity index (χ0n) is 15.6. The molecule has 140 valence electrons. The number of carbonyl (C=O) groups is 1. The number of guanidine groups is 1. The lowest BCUT2D eigenvalue weighted by Gasteiger charge is -2.19. The van der Waals surface area contributed by atoms with Gasteiger partial charge in [0.25, 0.3) is 0 Å². The highest BCUT2D eigenvalue weighted by atomic mass is 16.6. The Morgan fingerprint density at radius 2 is 2.04 bits per heavy atom. The molecule has 0 saturated carbocycles. The Hall–Kier alpha value is -1.50. The molecule has 0 spiro atoms. The third-order valence-corrected chi connectivity index (χ3v) is 3.40. The van der Waals surface area contributed by atoms with Gasteiger partial charge < -0.3 is 25.4 Å². The molecule has 1 aliphatic rings. The van der Waals surface area contributed by atoms with Gasteiger partial charge in [0.2, 0.25) is 0 Å². The fraction of sp³-hybridized carbons (Fsp3) is 0.882. The van der Waals surface area contributed by atoms with Crippen molar-refractivity contribution in [2.75, 3.05) is 32.8 Å². The second-order valence-electron chi connectivity index (χ2n) is 6.89. The van der Waals surface area contributed by atoms with Crippen molar-refractivity contribution in [3.8, 4) is 0 Å². The van der Waals surface area contributed by atoms with Crippen molar-refractivity contribution in [1.82, 2.24) is 16.0 Å². The molecule has 3 N–H and O–H groups in total. The summed E-state index contributed by atoms with van der Waals surface area (Å²) in [7, 11) is 0. The molecular formula is C17H34N4O3. The van der Waals surface area contributed by atoms with E-state index in [1.165, 1.54) is 6.42 Å². The van der Waals surface area contributed by atoms with Crippen molar-refractivity contribution < 1.29 is 14.3 Å². The second kappa shape index (κ2) is 11.1. The van der Waals surface area contributed by atoms with Crippen molar-refractivity contribution in [2.45, 2.75) is 65.1 Å². The number of amides is 1. The first kappa shape index (κ1) is 20.5. The van der Waals surface area contributed by atoms with Crippen LogP contribution in [0.3, 0.4) is 0 Å². The van der Waals surface area contributed by atoms with Gasteiger partial charge in [-0.15, -0.1) is 0 Å². The molecule has 7 heteroatoms. The maximum absolute atomic E-state index is 11.5. The highest BCUT2D eigenvalue weighted by molar-refractivity contribution is 5.79.